The molecule has 0 bridgehead atoms. The number of benzene rings is 1. The molecule has 0 aliphatic carbocycles. The van der Waals surface area contributed by atoms with E-state index in [0.717, 1.165) is 6.07 Å². The van der Waals surface area contributed by atoms with Crippen molar-refractivity contribution in [2.75, 3.05) is 13.1 Å². The second-order valence-electron chi connectivity index (χ2n) is 5.32. The summed E-state index contributed by atoms with van der Waals surface area (Å²) < 4.78 is 26.5. The molecule has 1 N–H and O–H groups in total. The topological polar surface area (TPSA) is 57.6 Å². The Labute approximate surface area is 115 Å². The van der Waals surface area contributed by atoms with Crippen LogP contribution in [-0.2, 0) is 16.0 Å². The smallest absolute Gasteiger partial charge is 0.311 e. The zero-order valence-corrected chi connectivity index (χ0v) is 11.0. The van der Waals surface area contributed by atoms with E-state index in [-0.39, 0.29) is 24.4 Å². The number of carboxylic acid groups (broad SMARTS) is 1. The lowest BCUT2D eigenvalue weighted by atomic mass is 9.90. The first-order valence-electron chi connectivity index (χ1n) is 6.27. The fourth-order valence-corrected chi connectivity index (χ4v) is 2.31. The van der Waals surface area contributed by atoms with Gasteiger partial charge < -0.3 is 10.0 Å². The second kappa shape index (κ2) is 5.19. The SMILES string of the molecule is C[C@@]1(C(=O)O)CCN(C(=O)Cc2cccc(F)c2F)C1. The van der Waals surface area contributed by atoms with Crippen molar-refractivity contribution in [2.24, 2.45) is 5.41 Å². The van der Waals surface area contributed by atoms with Gasteiger partial charge in [-0.15, -0.1) is 0 Å². The van der Waals surface area contributed by atoms with Gasteiger partial charge in [-0.3, -0.25) is 9.59 Å². The number of aliphatic carboxylic acids is 1. The highest BCUT2D eigenvalue weighted by molar-refractivity contribution is 5.82. The molecule has 1 aromatic rings. The first kappa shape index (κ1) is 14.4. The number of carbonyl (C=O) groups excluding carboxylic acids is 1. The Bertz CT molecular complexity index is 561. The fourth-order valence-electron chi connectivity index (χ4n) is 2.31. The van der Waals surface area contributed by atoms with Gasteiger partial charge >= 0.3 is 5.97 Å². The van der Waals surface area contributed by atoms with Crippen molar-refractivity contribution in [3.8, 4) is 0 Å². The van der Waals surface area contributed by atoms with Gasteiger partial charge in [-0.1, -0.05) is 12.1 Å². The van der Waals surface area contributed by atoms with E-state index in [1.165, 1.54) is 17.0 Å². The van der Waals surface area contributed by atoms with Gasteiger partial charge in [-0.25, -0.2) is 8.78 Å². The lowest BCUT2D eigenvalue weighted by Gasteiger charge is -2.20. The fraction of sp³-hybridized carbons (Fsp3) is 0.429. The van der Waals surface area contributed by atoms with E-state index >= 15 is 0 Å². The summed E-state index contributed by atoms with van der Waals surface area (Å²) in [4.78, 5) is 24.5. The third kappa shape index (κ3) is 2.64. The summed E-state index contributed by atoms with van der Waals surface area (Å²) in [6, 6.07) is 3.68. The van der Waals surface area contributed by atoms with Crippen molar-refractivity contribution in [1.82, 2.24) is 4.90 Å². The zero-order chi connectivity index (χ0) is 14.9. The molecule has 1 saturated heterocycles. The predicted molar refractivity (Wildman–Crippen MR) is 67.0 cm³/mol. The first-order chi connectivity index (χ1) is 9.33. The molecule has 1 atom stereocenters. The standard InChI is InChI=1S/C14H15F2NO3/c1-14(13(19)20)5-6-17(8-14)11(18)7-9-3-2-4-10(15)12(9)16/h2-4H,5-8H2,1H3,(H,19,20)/t14-/m1/s1. The molecule has 0 saturated carbocycles. The predicted octanol–water partition coefficient (Wildman–Crippen LogP) is 1.83. The summed E-state index contributed by atoms with van der Waals surface area (Å²) in [6.45, 7) is 1.99. The van der Waals surface area contributed by atoms with E-state index in [2.05, 4.69) is 0 Å². The van der Waals surface area contributed by atoms with Gasteiger partial charge in [0.25, 0.3) is 0 Å². The largest absolute Gasteiger partial charge is 0.481 e. The first-order valence-corrected chi connectivity index (χ1v) is 6.27. The van der Waals surface area contributed by atoms with Crippen LogP contribution >= 0.6 is 0 Å². The maximum absolute atomic E-state index is 13.5. The molecule has 1 amide bonds. The summed E-state index contributed by atoms with van der Waals surface area (Å²) in [5.41, 5.74) is -0.977. The van der Waals surface area contributed by atoms with Crippen LogP contribution in [0.1, 0.15) is 18.9 Å². The van der Waals surface area contributed by atoms with Crippen LogP contribution in [-0.4, -0.2) is 35.0 Å². The molecule has 108 valence electrons. The minimum Gasteiger partial charge on any atom is -0.481 e. The molecule has 1 heterocycles. The second-order valence-corrected chi connectivity index (χ2v) is 5.32. The van der Waals surface area contributed by atoms with E-state index in [1.54, 1.807) is 6.92 Å². The summed E-state index contributed by atoms with van der Waals surface area (Å²) in [5.74, 6) is -3.36. The van der Waals surface area contributed by atoms with Crippen LogP contribution in [0.5, 0.6) is 0 Å². The van der Waals surface area contributed by atoms with E-state index in [0.29, 0.717) is 13.0 Å². The molecular weight excluding hydrogens is 268 g/mol. The van der Waals surface area contributed by atoms with Gasteiger partial charge in [0.15, 0.2) is 11.6 Å². The third-order valence-corrected chi connectivity index (χ3v) is 3.72. The normalized spacial score (nSPS) is 22.1. The van der Waals surface area contributed by atoms with E-state index in [1.807, 2.05) is 0 Å². The van der Waals surface area contributed by atoms with Gasteiger partial charge in [0.1, 0.15) is 0 Å². The zero-order valence-electron chi connectivity index (χ0n) is 11.0. The van der Waals surface area contributed by atoms with E-state index in [9.17, 15) is 18.4 Å². The summed E-state index contributed by atoms with van der Waals surface area (Å²) in [7, 11) is 0. The average Bonchev–Trinajstić information content (AvgIpc) is 2.79. The van der Waals surface area contributed by atoms with Gasteiger partial charge in [0.05, 0.1) is 11.8 Å². The van der Waals surface area contributed by atoms with Gasteiger partial charge in [0.2, 0.25) is 5.91 Å². The molecular formula is C14H15F2NO3. The quantitative estimate of drug-likeness (QED) is 0.920. The number of hydrogen-bond donors (Lipinski definition) is 1. The number of amides is 1. The van der Waals surface area contributed by atoms with Crippen molar-refractivity contribution >= 4 is 11.9 Å². The minimum absolute atomic E-state index is 0.0149. The Kier molecular flexibility index (Phi) is 3.74. The molecule has 1 aliphatic heterocycles. The number of hydrogen-bond acceptors (Lipinski definition) is 2. The van der Waals surface area contributed by atoms with Gasteiger partial charge in [-0.05, 0) is 19.4 Å². The van der Waals surface area contributed by atoms with Gasteiger partial charge in [0, 0.05) is 18.7 Å². The highest BCUT2D eigenvalue weighted by Crippen LogP contribution is 2.30. The number of halogens is 2. The highest BCUT2D eigenvalue weighted by Gasteiger charge is 2.42. The number of nitrogens with zero attached hydrogens (tertiary/aromatic N) is 1. The molecule has 0 radical (unpaired) electrons. The maximum Gasteiger partial charge on any atom is 0.311 e. The Morgan fingerprint density at radius 1 is 1.40 bits per heavy atom. The Hall–Kier alpha value is -1.98. The molecule has 1 fully saturated rings. The molecule has 1 aliphatic rings. The van der Waals surface area contributed by atoms with Gasteiger partial charge in [-0.2, -0.15) is 0 Å². The molecule has 2 rings (SSSR count). The van der Waals surface area contributed by atoms with Crippen molar-refractivity contribution in [3.05, 3.63) is 35.4 Å². The van der Waals surface area contributed by atoms with Crippen LogP contribution in [0.4, 0.5) is 8.78 Å². The minimum atomic E-state index is -1.03. The van der Waals surface area contributed by atoms with E-state index < -0.39 is 23.0 Å². The molecule has 4 nitrogen and oxygen atoms in total. The van der Waals surface area contributed by atoms with Crippen LogP contribution in [0, 0.1) is 17.0 Å². The lowest BCUT2D eigenvalue weighted by Crippen LogP contribution is -2.35. The van der Waals surface area contributed by atoms with Crippen LogP contribution in [0.25, 0.3) is 0 Å². The third-order valence-electron chi connectivity index (χ3n) is 3.72. The Morgan fingerprint density at radius 3 is 2.70 bits per heavy atom. The number of likely N-dealkylation sites (tertiary alicyclic amines) is 1. The molecule has 1 aromatic carbocycles. The molecule has 0 unspecified atom stereocenters. The van der Waals surface area contributed by atoms with Crippen molar-refractivity contribution in [1.29, 1.82) is 0 Å². The number of carboxylic acids is 1. The molecule has 6 heteroatoms. The van der Waals surface area contributed by atoms with E-state index in [4.69, 9.17) is 5.11 Å². The van der Waals surface area contributed by atoms with Crippen LogP contribution in [0.15, 0.2) is 18.2 Å². The van der Waals surface area contributed by atoms with Crippen molar-refractivity contribution in [2.45, 2.75) is 19.8 Å². The molecule has 20 heavy (non-hydrogen) atoms. The van der Waals surface area contributed by atoms with Crippen LogP contribution in [0.3, 0.4) is 0 Å². The maximum atomic E-state index is 13.5. The summed E-state index contributed by atoms with van der Waals surface area (Å²) >= 11 is 0. The summed E-state index contributed by atoms with van der Waals surface area (Å²) in [5, 5.41) is 9.09. The summed E-state index contributed by atoms with van der Waals surface area (Å²) in [6.07, 6.45) is 0.0962. The number of rotatable bonds is 3. The highest BCUT2D eigenvalue weighted by atomic mass is 19.2. The lowest BCUT2D eigenvalue weighted by molar-refractivity contribution is -0.147. The Balaban J connectivity index is 2.07. The monoisotopic (exact) mass is 283 g/mol. The molecule has 0 spiro atoms. The average molecular weight is 283 g/mol. The number of carbonyl (C=O) groups is 2. The van der Waals surface area contributed by atoms with Crippen molar-refractivity contribution < 1.29 is 23.5 Å². The van der Waals surface area contributed by atoms with Crippen molar-refractivity contribution in [3.63, 3.8) is 0 Å². The Morgan fingerprint density at radius 2 is 2.10 bits per heavy atom. The van der Waals surface area contributed by atoms with Crippen LogP contribution in [0.2, 0.25) is 0 Å². The molecule has 0 aromatic heterocycles. The van der Waals surface area contributed by atoms with Crippen LogP contribution < -0.4 is 0 Å².